The third-order valence-corrected chi connectivity index (χ3v) is 9.45. The van der Waals surface area contributed by atoms with Crippen LogP contribution in [-0.2, 0) is 6.54 Å². The van der Waals surface area contributed by atoms with Crippen LogP contribution in [0.3, 0.4) is 0 Å². The predicted molar refractivity (Wildman–Crippen MR) is 180 cm³/mol. The molecule has 6 aromatic rings. The molecular formula is C39H19BF20N2O. The van der Waals surface area contributed by atoms with E-state index < -0.39 is 144 Å². The van der Waals surface area contributed by atoms with Crippen LogP contribution in [0, 0.1) is 116 Å². The fraction of sp³-hybridized carbons (Fsp3) is 0.128. The summed E-state index contributed by atoms with van der Waals surface area (Å²) in [6.07, 6.45) is 0.507. The van der Waals surface area contributed by atoms with E-state index in [1.54, 1.807) is 12.4 Å². The first kappa shape index (κ1) is 47.7. The Morgan fingerprint density at radius 3 is 1.05 bits per heavy atom. The summed E-state index contributed by atoms with van der Waals surface area (Å²) in [4.78, 5) is 4.12. The summed E-state index contributed by atoms with van der Waals surface area (Å²) in [6.45, 7) is 3.71. The molecular weight excluding hydrogens is 903 g/mol. The van der Waals surface area contributed by atoms with E-state index in [1.165, 1.54) is 5.56 Å². The lowest BCUT2D eigenvalue weighted by Crippen LogP contribution is -2.81. The largest absolute Gasteiger partial charge is 0.443 e. The summed E-state index contributed by atoms with van der Waals surface area (Å²) in [7, 11) is 0. The van der Waals surface area contributed by atoms with Gasteiger partial charge in [0.1, 0.15) is 58.9 Å². The molecule has 63 heavy (non-hydrogen) atoms. The molecule has 0 atom stereocenters. The van der Waals surface area contributed by atoms with Crippen molar-refractivity contribution in [3.63, 3.8) is 0 Å². The average molecular weight is 922 g/mol. The van der Waals surface area contributed by atoms with Gasteiger partial charge in [-0.25, -0.2) is 92.8 Å². The molecule has 334 valence electrons. The van der Waals surface area contributed by atoms with Crippen LogP contribution in [0.25, 0.3) is 0 Å². The molecule has 1 aromatic heterocycles. The zero-order valence-electron chi connectivity index (χ0n) is 30.9. The van der Waals surface area contributed by atoms with Crippen molar-refractivity contribution in [2.24, 2.45) is 0 Å². The first-order valence-corrected chi connectivity index (χ1v) is 17.3. The second-order valence-electron chi connectivity index (χ2n) is 13.0. The molecule has 0 saturated carbocycles. The second kappa shape index (κ2) is 18.5. The van der Waals surface area contributed by atoms with Crippen molar-refractivity contribution in [2.75, 3.05) is 6.61 Å². The van der Waals surface area contributed by atoms with E-state index in [0.29, 0.717) is 0 Å². The van der Waals surface area contributed by atoms with Crippen molar-refractivity contribution in [3.8, 4) is 5.88 Å². The maximum absolute atomic E-state index is 15.4. The number of rotatable bonds is 10. The number of benzene rings is 5. The van der Waals surface area contributed by atoms with Crippen LogP contribution in [0.4, 0.5) is 87.8 Å². The first-order valence-electron chi connectivity index (χ1n) is 17.3. The molecule has 3 nitrogen and oxygen atoms in total. The van der Waals surface area contributed by atoms with Gasteiger partial charge in [-0.3, -0.25) is 0 Å². The van der Waals surface area contributed by atoms with Crippen molar-refractivity contribution in [3.05, 3.63) is 171 Å². The van der Waals surface area contributed by atoms with Crippen molar-refractivity contribution in [1.82, 2.24) is 4.98 Å². The normalized spacial score (nSPS) is 11.5. The lowest BCUT2D eigenvalue weighted by atomic mass is 9.12. The Balaban J connectivity index is 0.000000345. The molecule has 0 saturated heterocycles. The monoisotopic (exact) mass is 922 g/mol. The van der Waals surface area contributed by atoms with Crippen LogP contribution in [0.15, 0.2) is 48.9 Å². The van der Waals surface area contributed by atoms with Gasteiger partial charge >= 0.3 is 5.88 Å². The summed E-state index contributed by atoms with van der Waals surface area (Å²) in [5.74, 6) is -70.6. The zero-order chi connectivity index (χ0) is 47.0. The van der Waals surface area contributed by atoms with Crippen LogP contribution in [-0.4, -0.2) is 17.7 Å². The fourth-order valence-electron chi connectivity index (χ4n) is 6.60. The summed E-state index contributed by atoms with van der Waals surface area (Å²) >= 11 is 0. The van der Waals surface area contributed by atoms with Crippen molar-refractivity contribution < 1.29 is 97.1 Å². The Labute approximate surface area is 339 Å². The molecule has 24 heteroatoms. The quantitative estimate of drug-likeness (QED) is 0.0345. The summed E-state index contributed by atoms with van der Waals surface area (Å²) < 4.78 is 302. The predicted octanol–water partition coefficient (Wildman–Crippen LogP) is 8.44. The molecule has 0 aliphatic rings. The Morgan fingerprint density at radius 2 is 0.746 bits per heavy atom. The van der Waals surface area contributed by atoms with Crippen molar-refractivity contribution in [2.45, 2.75) is 26.3 Å². The molecule has 0 amide bonds. The van der Waals surface area contributed by atoms with Crippen molar-refractivity contribution in [1.29, 1.82) is 0 Å². The van der Waals surface area contributed by atoms with Crippen LogP contribution < -0.4 is 31.2 Å². The minimum absolute atomic E-state index is 0.747. The number of hydrogen-bond donors (Lipinski definition) is 0. The van der Waals surface area contributed by atoms with Gasteiger partial charge in [-0.05, 0) is 6.42 Å². The van der Waals surface area contributed by atoms with E-state index >= 15 is 35.1 Å². The second-order valence-corrected chi connectivity index (χ2v) is 13.0. The molecule has 0 aliphatic carbocycles. The number of hydrogen-bond acceptors (Lipinski definition) is 2. The molecule has 5 aromatic carbocycles. The topological polar surface area (TPSA) is 26.0 Å². The molecule has 0 N–H and O–H groups in total. The Hall–Kier alpha value is -6.36. The van der Waals surface area contributed by atoms with E-state index in [2.05, 4.69) is 40.7 Å². The maximum Gasteiger partial charge on any atom is 0.387 e. The van der Waals surface area contributed by atoms with Crippen molar-refractivity contribution >= 4 is 28.0 Å². The molecule has 1 heterocycles. The summed E-state index contributed by atoms with van der Waals surface area (Å²) in [5.41, 5.74) is -13.1. The van der Waals surface area contributed by atoms with Crippen LogP contribution in [0.2, 0.25) is 0 Å². The molecule has 0 aliphatic heterocycles. The molecule has 0 unspecified atom stereocenters. The highest BCUT2D eigenvalue weighted by atomic mass is 19.2. The number of halogens is 20. The number of nitrogens with zero attached hydrogens (tertiary/aromatic N) is 2. The number of aromatic nitrogens is 2. The van der Waals surface area contributed by atoms with Gasteiger partial charge in [0.05, 0.1) is 12.8 Å². The number of unbranched alkanes of at least 4 members (excludes halogenated alkanes) is 1. The van der Waals surface area contributed by atoms with Gasteiger partial charge in [0, 0.05) is 5.56 Å². The smallest absolute Gasteiger partial charge is 0.387 e. The van der Waals surface area contributed by atoms with E-state index in [4.69, 9.17) is 4.74 Å². The maximum atomic E-state index is 15.4. The molecule has 0 spiro atoms. The van der Waals surface area contributed by atoms with E-state index in [-0.39, 0.29) is 0 Å². The lowest BCUT2D eigenvalue weighted by Gasteiger charge is -2.44. The van der Waals surface area contributed by atoms with E-state index in [0.717, 1.165) is 31.9 Å². The van der Waals surface area contributed by atoms with Gasteiger partial charge in [-0.2, -0.15) is 4.57 Å². The highest BCUT2D eigenvalue weighted by Gasteiger charge is 2.52. The Bertz CT molecular complexity index is 2360. The van der Waals surface area contributed by atoms with Gasteiger partial charge < -0.3 is 4.74 Å². The summed E-state index contributed by atoms with van der Waals surface area (Å²) in [5, 5.41) is 0. The van der Waals surface area contributed by atoms with Crippen LogP contribution in [0.5, 0.6) is 5.88 Å². The number of ether oxygens (including phenoxy) is 1. The van der Waals surface area contributed by atoms with Gasteiger partial charge in [0.25, 0.3) is 0 Å². The third kappa shape index (κ3) is 7.98. The zero-order valence-corrected chi connectivity index (χ0v) is 30.9. The third-order valence-electron chi connectivity index (χ3n) is 9.45. The molecule has 0 fully saturated rings. The highest BCUT2D eigenvalue weighted by molar-refractivity contribution is 7.20. The molecule has 6 rings (SSSR count). The first-order chi connectivity index (χ1) is 29.6. The minimum atomic E-state index is -7.22. The van der Waals surface area contributed by atoms with Gasteiger partial charge in [0.15, 0.2) is 82.5 Å². The standard InChI is InChI=1S/C24BF20.C15H19N2O/c26-5-1(6(27)14(35)21(42)13(5)34)25(2-7(28)15(36)22(43)16(37)8(2)29,3-9(30)17(38)23(44)18(39)10(3)31)4-11(32)19(40)24(45)20(41)12(4)33;1-2-3-11-18-15-12-16-9-10-17(15)13-14-7-5-4-6-8-14/h;4-10,12H,2-3,11,13H2,1H3/q-1;+1. The van der Waals surface area contributed by atoms with E-state index in [1.807, 2.05) is 12.3 Å². The van der Waals surface area contributed by atoms with E-state index in [9.17, 15) is 52.7 Å². The Kier molecular flexibility index (Phi) is 14.0. The van der Waals surface area contributed by atoms with Gasteiger partial charge in [0.2, 0.25) is 0 Å². The van der Waals surface area contributed by atoms with Gasteiger partial charge in [-0.15, -0.1) is 21.9 Å². The SMILES string of the molecule is CCCCOc1cncc[n+]1Cc1ccccc1.Fc1c(F)c(F)c([B-](c2c(F)c(F)c(F)c(F)c2F)(c2c(F)c(F)c(F)c(F)c2F)c2c(F)c(F)c(F)c(F)c2F)c(F)c1F. The summed E-state index contributed by atoms with van der Waals surface area (Å²) in [6, 6.07) is 10.4. The minimum Gasteiger partial charge on any atom is -0.443 e. The van der Waals surface area contributed by atoms with Crippen LogP contribution in [0.1, 0.15) is 25.3 Å². The highest BCUT2D eigenvalue weighted by Crippen LogP contribution is 2.30. The molecule has 0 radical (unpaired) electrons. The van der Waals surface area contributed by atoms with Gasteiger partial charge in [-0.1, -0.05) is 43.7 Å². The lowest BCUT2D eigenvalue weighted by molar-refractivity contribution is -0.694. The average Bonchev–Trinajstić information content (AvgIpc) is 3.27. The molecule has 0 bridgehead atoms. The fourth-order valence-corrected chi connectivity index (χ4v) is 6.60. The van der Waals surface area contributed by atoms with Crippen LogP contribution >= 0.6 is 0 Å². The Morgan fingerprint density at radius 1 is 0.444 bits per heavy atom.